The predicted octanol–water partition coefficient (Wildman–Crippen LogP) is -0.413. The lowest BCUT2D eigenvalue weighted by atomic mass is 9.86. The summed E-state index contributed by atoms with van der Waals surface area (Å²) in [4.78, 5) is 0. The summed E-state index contributed by atoms with van der Waals surface area (Å²) in [5.74, 6) is -0.509. The molecule has 0 aromatic rings. The molecule has 1 aliphatic heterocycles. The number of aliphatic hydroxyl groups is 1. The van der Waals surface area contributed by atoms with Crippen molar-refractivity contribution in [3.8, 4) is 0 Å². The minimum atomic E-state index is -0.595. The van der Waals surface area contributed by atoms with E-state index in [1.165, 1.54) is 0 Å². The first kappa shape index (κ1) is 12.3. The molecule has 5 nitrogen and oxygen atoms in total. The van der Waals surface area contributed by atoms with Crippen molar-refractivity contribution in [1.82, 2.24) is 5.23 Å². The van der Waals surface area contributed by atoms with E-state index in [0.717, 1.165) is 6.42 Å². The molecule has 16 heavy (non-hydrogen) atoms. The molecule has 0 aromatic heterocycles. The van der Waals surface area contributed by atoms with Gasteiger partial charge in [0.2, 0.25) is 0 Å². The fourth-order valence-electron chi connectivity index (χ4n) is 2.74. The third-order valence-corrected chi connectivity index (χ3v) is 3.27. The van der Waals surface area contributed by atoms with Crippen LogP contribution in [0.4, 0.5) is 0 Å². The average Bonchev–Trinajstić information content (AvgIpc) is 2.60. The Hall–Kier alpha value is -0.135. The second-order valence-electron chi connectivity index (χ2n) is 5.19. The van der Waals surface area contributed by atoms with Crippen molar-refractivity contribution in [2.75, 3.05) is 6.61 Å². The lowest BCUT2D eigenvalue weighted by molar-refractivity contribution is -0.159. The number of hydrogen-bond acceptors (Lipinski definition) is 5. The van der Waals surface area contributed by atoms with Crippen molar-refractivity contribution >= 4 is 7.05 Å². The van der Waals surface area contributed by atoms with E-state index in [9.17, 15) is 10.1 Å². The standard InChI is InChI=1S/C10H20BNO4/c1-10(2)15-8-6(5-13)4-7(9(8)16-10)12-11(3)14/h6-9,12-14H,4-5H2,1-3H3. The molecule has 92 valence electrons. The monoisotopic (exact) mass is 229 g/mol. The highest BCUT2D eigenvalue weighted by molar-refractivity contribution is 6.45. The van der Waals surface area contributed by atoms with Crippen molar-refractivity contribution < 1.29 is 19.6 Å². The van der Waals surface area contributed by atoms with Crippen LogP contribution < -0.4 is 5.23 Å². The molecule has 2 aliphatic rings. The Labute approximate surface area is 96.3 Å². The molecule has 2 fully saturated rings. The van der Waals surface area contributed by atoms with Gasteiger partial charge < -0.3 is 24.8 Å². The van der Waals surface area contributed by atoms with Gasteiger partial charge in [-0.1, -0.05) is 0 Å². The van der Waals surface area contributed by atoms with Crippen molar-refractivity contribution in [3.63, 3.8) is 0 Å². The van der Waals surface area contributed by atoms with E-state index in [2.05, 4.69) is 5.23 Å². The van der Waals surface area contributed by atoms with Gasteiger partial charge in [-0.05, 0) is 27.1 Å². The Balaban J connectivity index is 2.08. The highest BCUT2D eigenvalue weighted by Gasteiger charge is 2.53. The van der Waals surface area contributed by atoms with Crippen LogP contribution >= 0.6 is 0 Å². The molecular formula is C10H20BNO4. The van der Waals surface area contributed by atoms with E-state index in [-0.39, 0.29) is 30.8 Å². The second kappa shape index (κ2) is 4.27. The van der Waals surface area contributed by atoms with E-state index in [0.29, 0.717) is 0 Å². The Morgan fingerprint density at radius 1 is 1.38 bits per heavy atom. The normalized spacial score (nSPS) is 41.1. The van der Waals surface area contributed by atoms with Crippen LogP contribution in [0.5, 0.6) is 0 Å². The zero-order valence-electron chi connectivity index (χ0n) is 10.0. The average molecular weight is 229 g/mol. The maximum absolute atomic E-state index is 9.35. The van der Waals surface area contributed by atoms with Crippen LogP contribution in [-0.2, 0) is 9.47 Å². The van der Waals surface area contributed by atoms with Gasteiger partial charge in [-0.25, -0.2) is 0 Å². The van der Waals surface area contributed by atoms with Crippen molar-refractivity contribution in [3.05, 3.63) is 0 Å². The summed E-state index contributed by atoms with van der Waals surface area (Å²) < 4.78 is 11.6. The third kappa shape index (κ3) is 2.26. The van der Waals surface area contributed by atoms with Crippen molar-refractivity contribution in [2.24, 2.45) is 5.92 Å². The van der Waals surface area contributed by atoms with Crippen molar-refractivity contribution in [1.29, 1.82) is 0 Å². The van der Waals surface area contributed by atoms with Gasteiger partial charge in [0.25, 0.3) is 0 Å². The Morgan fingerprint density at radius 2 is 2.00 bits per heavy atom. The largest absolute Gasteiger partial charge is 0.437 e. The van der Waals surface area contributed by atoms with Gasteiger partial charge >= 0.3 is 7.05 Å². The number of nitrogens with one attached hydrogen (secondary N) is 1. The first-order valence-electron chi connectivity index (χ1n) is 5.83. The summed E-state index contributed by atoms with van der Waals surface area (Å²) in [6, 6.07) is 0.0453. The number of fused-ring (bicyclic) bond motifs is 1. The Kier molecular flexibility index (Phi) is 3.29. The highest BCUT2D eigenvalue weighted by atomic mass is 16.8. The predicted molar refractivity (Wildman–Crippen MR) is 59.8 cm³/mol. The smallest absolute Gasteiger partial charge is 0.373 e. The minimum Gasteiger partial charge on any atom is -0.437 e. The van der Waals surface area contributed by atoms with Crippen LogP contribution in [0.1, 0.15) is 20.3 Å². The maximum atomic E-state index is 9.35. The van der Waals surface area contributed by atoms with E-state index >= 15 is 0 Å². The molecule has 2 rings (SSSR count). The summed E-state index contributed by atoms with van der Waals surface area (Å²) >= 11 is 0. The molecule has 0 radical (unpaired) electrons. The summed E-state index contributed by atoms with van der Waals surface area (Å²) in [6.07, 6.45) is 0.616. The second-order valence-corrected chi connectivity index (χ2v) is 5.19. The SMILES string of the molecule is CB(O)NC1CC(CO)C2OC(C)(C)OC12. The lowest BCUT2D eigenvalue weighted by Gasteiger charge is -2.23. The van der Waals surface area contributed by atoms with Gasteiger partial charge in [-0.15, -0.1) is 0 Å². The molecule has 1 saturated heterocycles. The van der Waals surface area contributed by atoms with Gasteiger partial charge in [0.15, 0.2) is 5.79 Å². The van der Waals surface area contributed by atoms with Crippen LogP contribution in [0.2, 0.25) is 6.82 Å². The zero-order chi connectivity index (χ0) is 11.9. The third-order valence-electron chi connectivity index (χ3n) is 3.27. The molecule has 1 aliphatic carbocycles. The molecule has 1 heterocycles. The van der Waals surface area contributed by atoms with Gasteiger partial charge in [0, 0.05) is 18.6 Å². The van der Waals surface area contributed by atoms with Crippen LogP contribution in [0, 0.1) is 5.92 Å². The topological polar surface area (TPSA) is 71.0 Å². The Morgan fingerprint density at radius 3 is 2.56 bits per heavy atom. The highest BCUT2D eigenvalue weighted by Crippen LogP contribution is 2.41. The molecule has 0 aromatic carbocycles. The molecule has 0 spiro atoms. The first-order chi connectivity index (χ1) is 7.43. The van der Waals surface area contributed by atoms with Gasteiger partial charge in [-0.2, -0.15) is 0 Å². The van der Waals surface area contributed by atoms with E-state index < -0.39 is 12.8 Å². The molecule has 0 amide bonds. The van der Waals surface area contributed by atoms with Gasteiger partial charge in [0.1, 0.15) is 6.10 Å². The number of ether oxygens (including phenoxy) is 2. The molecule has 3 N–H and O–H groups in total. The number of hydrogen-bond donors (Lipinski definition) is 3. The summed E-state index contributed by atoms with van der Waals surface area (Å²) in [5.41, 5.74) is 0. The lowest BCUT2D eigenvalue weighted by Crippen LogP contribution is -2.46. The fraction of sp³-hybridized carbons (Fsp3) is 1.00. The maximum Gasteiger partial charge on any atom is 0.373 e. The van der Waals surface area contributed by atoms with E-state index in [4.69, 9.17) is 9.47 Å². The van der Waals surface area contributed by atoms with Crippen molar-refractivity contribution in [2.45, 2.75) is 51.1 Å². The van der Waals surface area contributed by atoms with Gasteiger partial charge in [-0.3, -0.25) is 0 Å². The van der Waals surface area contributed by atoms with Crippen LogP contribution in [0.15, 0.2) is 0 Å². The zero-order valence-corrected chi connectivity index (χ0v) is 10.0. The first-order valence-corrected chi connectivity index (χ1v) is 5.83. The summed E-state index contributed by atoms with van der Waals surface area (Å²) in [7, 11) is -0.574. The van der Waals surface area contributed by atoms with E-state index in [1.807, 2.05) is 13.8 Å². The van der Waals surface area contributed by atoms with Gasteiger partial charge in [0.05, 0.1) is 6.10 Å². The Bertz CT molecular complexity index is 261. The van der Waals surface area contributed by atoms with E-state index in [1.54, 1.807) is 6.82 Å². The summed E-state index contributed by atoms with van der Waals surface area (Å²) in [6.45, 7) is 5.53. The molecule has 0 bridgehead atoms. The van der Waals surface area contributed by atoms with Crippen LogP contribution in [0.3, 0.4) is 0 Å². The summed E-state index contributed by atoms with van der Waals surface area (Å²) in [5, 5.41) is 21.7. The van der Waals surface area contributed by atoms with Crippen LogP contribution in [-0.4, -0.2) is 47.8 Å². The number of aliphatic hydroxyl groups excluding tert-OH is 1. The number of rotatable bonds is 3. The molecule has 1 saturated carbocycles. The molecule has 6 heteroatoms. The fourth-order valence-corrected chi connectivity index (χ4v) is 2.74. The van der Waals surface area contributed by atoms with Crippen LogP contribution in [0.25, 0.3) is 0 Å². The molecule has 4 atom stereocenters. The molecule has 4 unspecified atom stereocenters. The molecular weight excluding hydrogens is 209 g/mol. The quantitative estimate of drug-likeness (QED) is 0.574. The minimum absolute atomic E-state index is 0.0453.